The van der Waals surface area contributed by atoms with Gasteiger partial charge in [0, 0.05) is 31.5 Å². The Balaban J connectivity index is 2.16. The van der Waals surface area contributed by atoms with E-state index in [0.29, 0.717) is 11.4 Å². The zero-order valence-corrected chi connectivity index (χ0v) is 10.2. The van der Waals surface area contributed by atoms with E-state index in [1.165, 1.54) is 0 Å². The van der Waals surface area contributed by atoms with Gasteiger partial charge >= 0.3 is 0 Å². The molecule has 0 aliphatic carbocycles. The number of rotatable bonds is 3. The molecule has 0 saturated carbocycles. The molecular formula is C14H14N4. The standard InChI is InChI=1S/C14H14N4/c1-18(13-5-6-17-14(16)8-13)10-12-4-2-3-11(7-12)9-15/h2-8H,10H2,1H3,(H2,16,17). The van der Waals surface area contributed by atoms with E-state index in [-0.39, 0.29) is 0 Å². The summed E-state index contributed by atoms with van der Waals surface area (Å²) in [7, 11) is 1.98. The molecule has 2 N–H and O–H groups in total. The second kappa shape index (κ2) is 5.19. The van der Waals surface area contributed by atoms with Crippen molar-refractivity contribution in [3.63, 3.8) is 0 Å². The van der Waals surface area contributed by atoms with E-state index in [4.69, 9.17) is 11.0 Å². The van der Waals surface area contributed by atoms with Gasteiger partial charge in [0.25, 0.3) is 0 Å². The molecule has 1 heterocycles. The fourth-order valence-electron chi connectivity index (χ4n) is 1.78. The van der Waals surface area contributed by atoms with Gasteiger partial charge in [-0.3, -0.25) is 0 Å². The van der Waals surface area contributed by atoms with E-state index in [0.717, 1.165) is 17.8 Å². The van der Waals surface area contributed by atoms with Crippen LogP contribution in [0.5, 0.6) is 0 Å². The summed E-state index contributed by atoms with van der Waals surface area (Å²) in [5.74, 6) is 0.505. The van der Waals surface area contributed by atoms with Crippen LogP contribution in [0.25, 0.3) is 0 Å². The first-order valence-electron chi connectivity index (χ1n) is 5.61. The molecule has 4 heteroatoms. The number of nitrogens with zero attached hydrogens (tertiary/aromatic N) is 3. The van der Waals surface area contributed by atoms with Crippen molar-refractivity contribution in [2.24, 2.45) is 0 Å². The minimum atomic E-state index is 0.505. The third kappa shape index (κ3) is 2.77. The number of benzene rings is 1. The number of nitriles is 1. The lowest BCUT2D eigenvalue weighted by atomic mass is 10.1. The average molecular weight is 238 g/mol. The molecule has 0 saturated heterocycles. The minimum Gasteiger partial charge on any atom is -0.384 e. The van der Waals surface area contributed by atoms with E-state index in [2.05, 4.69) is 16.0 Å². The predicted molar refractivity (Wildman–Crippen MR) is 71.9 cm³/mol. The van der Waals surface area contributed by atoms with Crippen molar-refractivity contribution < 1.29 is 0 Å². The van der Waals surface area contributed by atoms with Gasteiger partial charge in [-0.15, -0.1) is 0 Å². The normalized spacial score (nSPS) is 9.78. The lowest BCUT2D eigenvalue weighted by Gasteiger charge is -2.19. The Hall–Kier alpha value is -2.54. The van der Waals surface area contributed by atoms with Crippen molar-refractivity contribution in [2.75, 3.05) is 17.7 Å². The molecule has 18 heavy (non-hydrogen) atoms. The Morgan fingerprint density at radius 3 is 2.89 bits per heavy atom. The Bertz CT molecular complexity index is 586. The smallest absolute Gasteiger partial charge is 0.125 e. The maximum atomic E-state index is 8.86. The van der Waals surface area contributed by atoms with Crippen LogP contribution in [0.15, 0.2) is 42.6 Å². The first-order valence-corrected chi connectivity index (χ1v) is 5.61. The molecule has 1 aromatic heterocycles. The molecule has 0 unspecified atom stereocenters. The Morgan fingerprint density at radius 2 is 2.17 bits per heavy atom. The van der Waals surface area contributed by atoms with Gasteiger partial charge in [-0.2, -0.15) is 5.26 Å². The molecule has 4 nitrogen and oxygen atoms in total. The first kappa shape index (κ1) is 11.9. The summed E-state index contributed by atoms with van der Waals surface area (Å²) in [6, 6.07) is 13.5. The number of nitrogen functional groups attached to an aromatic ring is 1. The summed E-state index contributed by atoms with van der Waals surface area (Å²) in [6.45, 7) is 0.721. The Morgan fingerprint density at radius 1 is 1.33 bits per heavy atom. The highest BCUT2D eigenvalue weighted by Crippen LogP contribution is 2.17. The fraction of sp³-hybridized carbons (Fsp3) is 0.143. The molecule has 0 amide bonds. The van der Waals surface area contributed by atoms with Gasteiger partial charge in [0.2, 0.25) is 0 Å². The zero-order valence-electron chi connectivity index (χ0n) is 10.2. The Labute approximate surface area is 106 Å². The SMILES string of the molecule is CN(Cc1cccc(C#N)c1)c1ccnc(N)c1. The van der Waals surface area contributed by atoms with Crippen molar-refractivity contribution >= 4 is 11.5 Å². The van der Waals surface area contributed by atoms with Crippen molar-refractivity contribution in [3.05, 3.63) is 53.7 Å². The molecule has 2 aromatic rings. The van der Waals surface area contributed by atoms with Crippen LogP contribution in [-0.4, -0.2) is 12.0 Å². The number of hydrogen-bond donors (Lipinski definition) is 1. The van der Waals surface area contributed by atoms with Gasteiger partial charge in [-0.05, 0) is 23.8 Å². The molecule has 0 aliphatic rings. The number of aromatic nitrogens is 1. The van der Waals surface area contributed by atoms with Gasteiger partial charge in [0.1, 0.15) is 5.82 Å². The number of nitrogens with two attached hydrogens (primary N) is 1. The third-order valence-electron chi connectivity index (χ3n) is 2.68. The molecule has 0 fully saturated rings. The lowest BCUT2D eigenvalue weighted by molar-refractivity contribution is 0.921. The summed E-state index contributed by atoms with van der Waals surface area (Å²) in [5, 5.41) is 8.86. The summed E-state index contributed by atoms with van der Waals surface area (Å²) < 4.78 is 0. The van der Waals surface area contributed by atoms with Crippen LogP contribution in [0.3, 0.4) is 0 Å². The van der Waals surface area contributed by atoms with Crippen molar-refractivity contribution in [3.8, 4) is 6.07 Å². The second-order valence-electron chi connectivity index (χ2n) is 4.11. The second-order valence-corrected chi connectivity index (χ2v) is 4.11. The van der Waals surface area contributed by atoms with Gasteiger partial charge in [-0.1, -0.05) is 12.1 Å². The van der Waals surface area contributed by atoms with E-state index in [9.17, 15) is 0 Å². The first-order chi connectivity index (χ1) is 8.69. The third-order valence-corrected chi connectivity index (χ3v) is 2.68. The monoisotopic (exact) mass is 238 g/mol. The highest BCUT2D eigenvalue weighted by atomic mass is 15.1. The fourth-order valence-corrected chi connectivity index (χ4v) is 1.78. The van der Waals surface area contributed by atoms with E-state index in [1.807, 2.05) is 37.4 Å². The highest BCUT2D eigenvalue weighted by Gasteiger charge is 2.03. The van der Waals surface area contributed by atoms with Crippen molar-refractivity contribution in [1.82, 2.24) is 4.98 Å². The Kier molecular flexibility index (Phi) is 3.44. The quantitative estimate of drug-likeness (QED) is 0.890. The van der Waals surface area contributed by atoms with Crippen LogP contribution in [-0.2, 0) is 6.54 Å². The summed E-state index contributed by atoms with van der Waals surface area (Å²) >= 11 is 0. The zero-order chi connectivity index (χ0) is 13.0. The van der Waals surface area contributed by atoms with E-state index < -0.39 is 0 Å². The van der Waals surface area contributed by atoms with Gasteiger partial charge < -0.3 is 10.6 Å². The average Bonchev–Trinajstić information content (AvgIpc) is 2.39. The van der Waals surface area contributed by atoms with Crippen molar-refractivity contribution in [1.29, 1.82) is 5.26 Å². The topological polar surface area (TPSA) is 65.9 Å². The molecule has 0 atom stereocenters. The van der Waals surface area contributed by atoms with Gasteiger partial charge in [0.05, 0.1) is 11.6 Å². The maximum absolute atomic E-state index is 8.86. The van der Waals surface area contributed by atoms with E-state index >= 15 is 0 Å². The highest BCUT2D eigenvalue weighted by molar-refractivity contribution is 5.52. The molecule has 1 aromatic carbocycles. The van der Waals surface area contributed by atoms with Gasteiger partial charge in [0.15, 0.2) is 0 Å². The summed E-state index contributed by atoms with van der Waals surface area (Å²) in [4.78, 5) is 6.03. The predicted octanol–water partition coefficient (Wildman–Crippen LogP) is 2.17. The van der Waals surface area contributed by atoms with Crippen LogP contribution in [0.1, 0.15) is 11.1 Å². The maximum Gasteiger partial charge on any atom is 0.125 e. The van der Waals surface area contributed by atoms with E-state index in [1.54, 1.807) is 12.3 Å². The molecule has 90 valence electrons. The molecule has 0 bridgehead atoms. The largest absolute Gasteiger partial charge is 0.384 e. The molecule has 0 radical (unpaired) electrons. The lowest BCUT2D eigenvalue weighted by Crippen LogP contribution is -2.16. The van der Waals surface area contributed by atoms with Crippen LogP contribution in [0, 0.1) is 11.3 Å². The number of anilines is 2. The van der Waals surface area contributed by atoms with Crippen LogP contribution in [0.2, 0.25) is 0 Å². The number of pyridine rings is 1. The minimum absolute atomic E-state index is 0.505. The summed E-state index contributed by atoms with van der Waals surface area (Å²) in [5.41, 5.74) is 8.42. The van der Waals surface area contributed by atoms with Crippen LogP contribution >= 0.6 is 0 Å². The molecule has 2 rings (SSSR count). The van der Waals surface area contributed by atoms with Crippen LogP contribution < -0.4 is 10.6 Å². The van der Waals surface area contributed by atoms with Crippen LogP contribution in [0.4, 0.5) is 11.5 Å². The molecular weight excluding hydrogens is 224 g/mol. The van der Waals surface area contributed by atoms with Crippen molar-refractivity contribution in [2.45, 2.75) is 6.54 Å². The summed E-state index contributed by atoms with van der Waals surface area (Å²) in [6.07, 6.45) is 1.69. The number of hydrogen-bond acceptors (Lipinski definition) is 4. The molecule has 0 spiro atoms. The molecule has 0 aliphatic heterocycles. The van der Waals surface area contributed by atoms with Gasteiger partial charge in [-0.25, -0.2) is 4.98 Å².